The molecule has 0 amide bonds. The summed E-state index contributed by atoms with van der Waals surface area (Å²) >= 11 is 0. The van der Waals surface area contributed by atoms with Crippen molar-refractivity contribution >= 4 is 5.97 Å². The fourth-order valence-corrected chi connectivity index (χ4v) is 1.63. The van der Waals surface area contributed by atoms with Crippen molar-refractivity contribution in [2.75, 3.05) is 0 Å². The highest BCUT2D eigenvalue weighted by molar-refractivity contribution is 5.85. The third kappa shape index (κ3) is 5.91. The van der Waals surface area contributed by atoms with Gasteiger partial charge in [0, 0.05) is 11.1 Å². The lowest BCUT2D eigenvalue weighted by atomic mass is 9.88. The topological polar surface area (TPSA) is 63.3 Å². The lowest BCUT2D eigenvalue weighted by molar-refractivity contribution is -0.132. The van der Waals surface area contributed by atoms with E-state index in [0.717, 1.165) is 38.5 Å². The summed E-state index contributed by atoms with van der Waals surface area (Å²) in [5.41, 5.74) is 6.59. The summed E-state index contributed by atoms with van der Waals surface area (Å²) < 4.78 is 0. The minimum Gasteiger partial charge on any atom is -0.478 e. The fraction of sp³-hybridized carbons (Fsp3) is 0.769. The largest absolute Gasteiger partial charge is 0.478 e. The first-order valence-electron chi connectivity index (χ1n) is 6.14. The molecule has 0 saturated carbocycles. The number of nitrogens with two attached hydrogens (primary N) is 1. The van der Waals surface area contributed by atoms with Gasteiger partial charge >= 0.3 is 5.97 Å². The molecule has 0 spiro atoms. The molecule has 0 aliphatic carbocycles. The molecule has 0 bridgehead atoms. The van der Waals surface area contributed by atoms with Gasteiger partial charge in [-0.25, -0.2) is 4.79 Å². The minimum absolute atomic E-state index is 0.0223. The Kier molecular flexibility index (Phi) is 7.06. The Hall–Kier alpha value is -0.830. The number of rotatable bonds is 8. The second kappa shape index (κ2) is 7.44. The molecule has 3 heteroatoms. The lowest BCUT2D eigenvalue weighted by Gasteiger charge is -2.26. The third-order valence-electron chi connectivity index (χ3n) is 3.32. The van der Waals surface area contributed by atoms with Crippen LogP contribution in [-0.4, -0.2) is 16.6 Å². The Balaban J connectivity index is 3.77. The van der Waals surface area contributed by atoms with Crippen molar-refractivity contribution < 1.29 is 9.90 Å². The van der Waals surface area contributed by atoms with Crippen molar-refractivity contribution in [1.29, 1.82) is 0 Å². The van der Waals surface area contributed by atoms with Crippen molar-refractivity contribution in [3.05, 3.63) is 11.6 Å². The lowest BCUT2D eigenvalue weighted by Crippen LogP contribution is -2.38. The standard InChI is InChI=1S/C13H25NO2/c1-4-13(14,5-2)10-8-6-7-9-11(3)12(15)16/h9H,4-8,10,14H2,1-3H3,(H,15,16). The van der Waals surface area contributed by atoms with E-state index >= 15 is 0 Å². The molecule has 0 rings (SSSR count). The van der Waals surface area contributed by atoms with Crippen LogP contribution < -0.4 is 5.73 Å². The summed E-state index contributed by atoms with van der Waals surface area (Å²) in [6.45, 7) is 5.88. The highest BCUT2D eigenvalue weighted by atomic mass is 16.4. The van der Waals surface area contributed by atoms with Crippen LogP contribution in [0.4, 0.5) is 0 Å². The molecule has 0 saturated heterocycles. The van der Waals surface area contributed by atoms with Gasteiger partial charge in [-0.3, -0.25) is 0 Å². The van der Waals surface area contributed by atoms with Crippen LogP contribution in [0.2, 0.25) is 0 Å². The van der Waals surface area contributed by atoms with E-state index in [1.54, 1.807) is 13.0 Å². The molecular weight excluding hydrogens is 202 g/mol. The Labute approximate surface area is 98.7 Å². The number of unbranched alkanes of at least 4 members (excludes halogenated alkanes) is 2. The summed E-state index contributed by atoms with van der Waals surface area (Å²) in [6, 6.07) is 0. The van der Waals surface area contributed by atoms with Gasteiger partial charge in [-0.1, -0.05) is 26.3 Å². The van der Waals surface area contributed by atoms with Gasteiger partial charge in [-0.15, -0.1) is 0 Å². The highest BCUT2D eigenvalue weighted by Crippen LogP contribution is 2.19. The molecule has 16 heavy (non-hydrogen) atoms. The van der Waals surface area contributed by atoms with E-state index in [4.69, 9.17) is 10.8 Å². The molecule has 0 aromatic heterocycles. The molecule has 0 atom stereocenters. The van der Waals surface area contributed by atoms with Gasteiger partial charge in [0.1, 0.15) is 0 Å². The van der Waals surface area contributed by atoms with Gasteiger partial charge in [-0.2, -0.15) is 0 Å². The molecule has 3 N–H and O–H groups in total. The van der Waals surface area contributed by atoms with Gasteiger partial charge in [0.15, 0.2) is 0 Å². The minimum atomic E-state index is -0.824. The first kappa shape index (κ1) is 15.2. The van der Waals surface area contributed by atoms with Crippen LogP contribution in [0.25, 0.3) is 0 Å². The molecule has 3 nitrogen and oxygen atoms in total. The number of hydrogen-bond donors (Lipinski definition) is 2. The van der Waals surface area contributed by atoms with Gasteiger partial charge in [0.25, 0.3) is 0 Å². The molecule has 0 aromatic carbocycles. The molecule has 0 heterocycles. The van der Waals surface area contributed by atoms with E-state index in [9.17, 15) is 4.79 Å². The molecular formula is C13H25NO2. The average molecular weight is 227 g/mol. The summed E-state index contributed by atoms with van der Waals surface area (Å²) in [7, 11) is 0. The van der Waals surface area contributed by atoms with E-state index in [2.05, 4.69) is 13.8 Å². The molecule has 0 aromatic rings. The van der Waals surface area contributed by atoms with E-state index in [1.165, 1.54) is 0 Å². The van der Waals surface area contributed by atoms with Crippen LogP contribution in [0.5, 0.6) is 0 Å². The maximum absolute atomic E-state index is 10.5. The van der Waals surface area contributed by atoms with Crippen LogP contribution >= 0.6 is 0 Å². The quantitative estimate of drug-likeness (QED) is 0.494. The van der Waals surface area contributed by atoms with Gasteiger partial charge < -0.3 is 10.8 Å². The molecule has 0 aliphatic heterocycles. The summed E-state index contributed by atoms with van der Waals surface area (Å²) in [6.07, 6.45) is 7.76. The number of carboxylic acid groups (broad SMARTS) is 1. The molecule has 0 unspecified atom stereocenters. The number of carbonyl (C=O) groups is 1. The van der Waals surface area contributed by atoms with Crippen LogP contribution in [0, 0.1) is 0 Å². The van der Waals surface area contributed by atoms with E-state index in [-0.39, 0.29) is 5.54 Å². The van der Waals surface area contributed by atoms with Crippen molar-refractivity contribution in [3.8, 4) is 0 Å². The van der Waals surface area contributed by atoms with E-state index < -0.39 is 5.97 Å². The first-order chi connectivity index (χ1) is 7.45. The Morgan fingerprint density at radius 3 is 2.31 bits per heavy atom. The number of allylic oxidation sites excluding steroid dienone is 1. The predicted molar refractivity (Wildman–Crippen MR) is 67.4 cm³/mol. The number of carboxylic acids is 1. The van der Waals surface area contributed by atoms with Gasteiger partial charge in [0.05, 0.1) is 0 Å². The maximum atomic E-state index is 10.5. The Bertz CT molecular complexity index is 242. The first-order valence-corrected chi connectivity index (χ1v) is 6.14. The number of hydrogen-bond acceptors (Lipinski definition) is 2. The second-order valence-electron chi connectivity index (χ2n) is 4.51. The second-order valence-corrected chi connectivity index (χ2v) is 4.51. The average Bonchev–Trinajstić information content (AvgIpc) is 2.27. The van der Waals surface area contributed by atoms with Crippen LogP contribution in [0.15, 0.2) is 11.6 Å². The zero-order chi connectivity index (χ0) is 12.6. The van der Waals surface area contributed by atoms with Crippen LogP contribution in [0.1, 0.15) is 59.3 Å². The van der Waals surface area contributed by atoms with E-state index in [1.807, 2.05) is 0 Å². The van der Waals surface area contributed by atoms with Gasteiger partial charge in [0.2, 0.25) is 0 Å². The SMILES string of the molecule is CCC(N)(CC)CCCCC=C(C)C(=O)O. The summed E-state index contributed by atoms with van der Waals surface area (Å²) in [4.78, 5) is 10.5. The van der Waals surface area contributed by atoms with Crippen LogP contribution in [0.3, 0.4) is 0 Å². The smallest absolute Gasteiger partial charge is 0.330 e. The zero-order valence-corrected chi connectivity index (χ0v) is 10.8. The van der Waals surface area contributed by atoms with Crippen molar-refractivity contribution in [3.63, 3.8) is 0 Å². The fourth-order valence-electron chi connectivity index (χ4n) is 1.63. The monoisotopic (exact) mass is 227 g/mol. The van der Waals surface area contributed by atoms with Crippen molar-refractivity contribution in [2.24, 2.45) is 5.73 Å². The Morgan fingerprint density at radius 1 is 1.31 bits per heavy atom. The molecule has 0 aliphatic rings. The van der Waals surface area contributed by atoms with Crippen molar-refractivity contribution in [1.82, 2.24) is 0 Å². The predicted octanol–water partition coefficient (Wildman–Crippen LogP) is 3.10. The Morgan fingerprint density at radius 2 is 1.88 bits per heavy atom. The molecule has 0 radical (unpaired) electrons. The zero-order valence-electron chi connectivity index (χ0n) is 10.8. The maximum Gasteiger partial charge on any atom is 0.330 e. The molecule has 94 valence electrons. The number of aliphatic carboxylic acids is 1. The van der Waals surface area contributed by atoms with E-state index in [0.29, 0.717) is 5.57 Å². The third-order valence-corrected chi connectivity index (χ3v) is 3.32. The summed E-state index contributed by atoms with van der Waals surface area (Å²) in [5, 5.41) is 8.66. The highest BCUT2D eigenvalue weighted by Gasteiger charge is 2.18. The molecule has 0 fully saturated rings. The van der Waals surface area contributed by atoms with Gasteiger partial charge in [-0.05, 0) is 39.0 Å². The normalized spacial score (nSPS) is 12.9. The van der Waals surface area contributed by atoms with Crippen LogP contribution in [-0.2, 0) is 4.79 Å². The summed E-state index contributed by atoms with van der Waals surface area (Å²) in [5.74, 6) is -0.824. The van der Waals surface area contributed by atoms with Crippen molar-refractivity contribution in [2.45, 2.75) is 64.8 Å².